The fraction of sp³-hybridized carbons (Fsp3) is 0.200. The zero-order valence-electron chi connectivity index (χ0n) is 16.4. The smallest absolute Gasteiger partial charge is 0.334 e. The van der Waals surface area contributed by atoms with Crippen molar-refractivity contribution in [2.45, 2.75) is 6.16 Å². The summed E-state index contributed by atoms with van der Waals surface area (Å²) in [5.41, 5.74) is 2.95. The second-order valence-electron chi connectivity index (χ2n) is 6.20. The van der Waals surface area contributed by atoms with Crippen LogP contribution in [0, 0.1) is 0 Å². The van der Waals surface area contributed by atoms with E-state index in [1.807, 2.05) is 13.1 Å². The topological polar surface area (TPSA) is 95.6 Å². The van der Waals surface area contributed by atoms with E-state index >= 15 is 0 Å². The van der Waals surface area contributed by atoms with E-state index in [2.05, 4.69) is 10.4 Å². The molecule has 0 saturated heterocycles. The van der Waals surface area contributed by atoms with Crippen molar-refractivity contribution in [3.8, 4) is 11.5 Å². The van der Waals surface area contributed by atoms with Gasteiger partial charge in [0.2, 0.25) is 5.91 Å². The molecule has 0 spiro atoms. The summed E-state index contributed by atoms with van der Waals surface area (Å²) < 4.78 is 29.2. The summed E-state index contributed by atoms with van der Waals surface area (Å²) in [5.74, 6) is 0.386. The lowest BCUT2D eigenvalue weighted by atomic mass is 10.2. The fourth-order valence-electron chi connectivity index (χ4n) is 2.76. The number of nitrogens with zero attached hydrogens (tertiary/aromatic N) is 2. The van der Waals surface area contributed by atoms with E-state index in [-0.39, 0.29) is 12.1 Å². The van der Waals surface area contributed by atoms with Gasteiger partial charge >= 0.3 is 7.60 Å². The van der Waals surface area contributed by atoms with Gasteiger partial charge in [-0.15, -0.1) is 0 Å². The van der Waals surface area contributed by atoms with Gasteiger partial charge < -0.3 is 18.8 Å². The van der Waals surface area contributed by atoms with Gasteiger partial charge in [-0.3, -0.25) is 14.0 Å². The highest BCUT2D eigenvalue weighted by atomic mass is 31.2. The number of carbonyl (C=O) groups is 1. The zero-order chi connectivity index (χ0) is 20.9. The van der Waals surface area contributed by atoms with Gasteiger partial charge in [0.25, 0.3) is 0 Å². The van der Waals surface area contributed by atoms with Crippen LogP contribution in [0.4, 0.5) is 5.69 Å². The van der Waals surface area contributed by atoms with Crippen LogP contribution in [-0.2, 0) is 31.6 Å². The highest BCUT2D eigenvalue weighted by Gasteiger charge is 2.21. The molecule has 0 aliphatic carbocycles. The van der Waals surface area contributed by atoms with Crippen LogP contribution in [0.3, 0.4) is 0 Å². The summed E-state index contributed by atoms with van der Waals surface area (Å²) >= 11 is 0. The lowest BCUT2D eigenvalue weighted by Crippen LogP contribution is -2.07. The van der Waals surface area contributed by atoms with Crippen molar-refractivity contribution in [2.24, 2.45) is 7.05 Å². The number of furan rings is 1. The number of hydrogen-bond donors (Lipinski definition) is 1. The van der Waals surface area contributed by atoms with Crippen LogP contribution in [0.5, 0.6) is 0 Å². The molecule has 3 aromatic rings. The minimum absolute atomic E-state index is 0.157. The van der Waals surface area contributed by atoms with Crippen LogP contribution < -0.4 is 5.32 Å². The van der Waals surface area contributed by atoms with E-state index in [1.165, 1.54) is 20.3 Å². The molecule has 2 aromatic heterocycles. The Bertz CT molecular complexity index is 1030. The van der Waals surface area contributed by atoms with E-state index < -0.39 is 7.60 Å². The first-order chi connectivity index (χ1) is 13.9. The van der Waals surface area contributed by atoms with Crippen LogP contribution in [0.2, 0.25) is 0 Å². The SMILES string of the molecule is COP(=O)(Cc1ccc(NC(=O)/C=C/c2cnn(C)c2-c2ccco2)cc1)OC. The van der Waals surface area contributed by atoms with Gasteiger partial charge in [-0.05, 0) is 35.9 Å². The summed E-state index contributed by atoms with van der Waals surface area (Å²) in [5, 5.41) is 7.00. The van der Waals surface area contributed by atoms with Gasteiger partial charge in [0, 0.05) is 38.6 Å². The molecule has 3 rings (SSSR count). The second-order valence-corrected chi connectivity index (χ2v) is 8.47. The third-order valence-electron chi connectivity index (χ3n) is 4.29. The van der Waals surface area contributed by atoms with Gasteiger partial charge in [-0.25, -0.2) is 0 Å². The molecular formula is C20H22N3O5P. The molecule has 1 N–H and O–H groups in total. The molecule has 0 radical (unpaired) electrons. The maximum absolute atomic E-state index is 12.3. The summed E-state index contributed by atoms with van der Waals surface area (Å²) in [4.78, 5) is 12.3. The van der Waals surface area contributed by atoms with Gasteiger partial charge in [0.05, 0.1) is 18.6 Å². The minimum atomic E-state index is -3.13. The zero-order valence-corrected chi connectivity index (χ0v) is 17.3. The number of benzene rings is 1. The Kier molecular flexibility index (Phi) is 6.49. The quantitative estimate of drug-likeness (QED) is 0.435. The molecule has 0 fully saturated rings. The molecule has 152 valence electrons. The molecule has 0 unspecified atom stereocenters. The molecule has 1 aromatic carbocycles. The number of carbonyl (C=O) groups excluding carboxylic acids is 1. The van der Waals surface area contributed by atoms with E-state index in [4.69, 9.17) is 13.5 Å². The highest BCUT2D eigenvalue weighted by Crippen LogP contribution is 2.49. The van der Waals surface area contributed by atoms with Crippen molar-refractivity contribution in [3.63, 3.8) is 0 Å². The number of anilines is 1. The summed E-state index contributed by atoms with van der Waals surface area (Å²) in [6, 6.07) is 10.6. The van der Waals surface area contributed by atoms with E-state index in [0.29, 0.717) is 11.4 Å². The Morgan fingerprint density at radius 2 is 1.97 bits per heavy atom. The molecule has 0 atom stereocenters. The standard InChI is InChI=1S/C20H22N3O5P/c1-23-20(18-5-4-12-28-18)16(13-21-23)8-11-19(24)22-17-9-6-15(7-10-17)14-29(25,26-2)27-3/h4-13H,14H2,1-3H3,(H,22,24)/b11-8+. The summed E-state index contributed by atoms with van der Waals surface area (Å²) in [6.07, 6.45) is 6.53. The average molecular weight is 415 g/mol. The predicted molar refractivity (Wildman–Crippen MR) is 110 cm³/mol. The van der Waals surface area contributed by atoms with Crippen LogP contribution in [-0.4, -0.2) is 29.9 Å². The first-order valence-electron chi connectivity index (χ1n) is 8.78. The molecule has 1 amide bonds. The Morgan fingerprint density at radius 3 is 2.59 bits per heavy atom. The van der Waals surface area contributed by atoms with Gasteiger partial charge in [0.1, 0.15) is 5.69 Å². The van der Waals surface area contributed by atoms with Crippen molar-refractivity contribution in [1.82, 2.24) is 9.78 Å². The number of rotatable bonds is 8. The number of nitrogens with one attached hydrogen (secondary N) is 1. The average Bonchev–Trinajstić information content (AvgIpc) is 3.37. The molecule has 0 aliphatic heterocycles. The van der Waals surface area contributed by atoms with Crippen LogP contribution in [0.25, 0.3) is 17.5 Å². The Morgan fingerprint density at radius 1 is 1.24 bits per heavy atom. The molecule has 8 nitrogen and oxygen atoms in total. The summed E-state index contributed by atoms with van der Waals surface area (Å²) in [6.45, 7) is 0. The molecule has 9 heteroatoms. The van der Waals surface area contributed by atoms with E-state index in [1.54, 1.807) is 53.5 Å². The molecule has 0 saturated carbocycles. The lowest BCUT2D eigenvalue weighted by molar-refractivity contribution is -0.111. The maximum Gasteiger partial charge on any atom is 0.334 e. The van der Waals surface area contributed by atoms with Crippen LogP contribution in [0.15, 0.2) is 59.4 Å². The van der Waals surface area contributed by atoms with Crippen molar-refractivity contribution in [3.05, 3.63) is 66.1 Å². The Hall–Kier alpha value is -2.93. The predicted octanol–water partition coefficient (Wildman–Crippen LogP) is 4.32. The third-order valence-corrected chi connectivity index (χ3v) is 6.16. The van der Waals surface area contributed by atoms with Gasteiger partial charge in [0.15, 0.2) is 5.76 Å². The normalized spacial score (nSPS) is 11.8. The lowest BCUT2D eigenvalue weighted by Gasteiger charge is -2.13. The van der Waals surface area contributed by atoms with E-state index in [0.717, 1.165) is 16.8 Å². The Balaban J connectivity index is 1.65. The number of hydrogen-bond acceptors (Lipinski definition) is 6. The maximum atomic E-state index is 12.3. The minimum Gasteiger partial charge on any atom is -0.463 e. The summed E-state index contributed by atoms with van der Waals surface area (Å²) in [7, 11) is 1.38. The highest BCUT2D eigenvalue weighted by molar-refractivity contribution is 7.52. The number of amides is 1. The van der Waals surface area contributed by atoms with Crippen LogP contribution >= 0.6 is 7.60 Å². The van der Waals surface area contributed by atoms with Gasteiger partial charge in [-0.1, -0.05) is 12.1 Å². The molecule has 29 heavy (non-hydrogen) atoms. The largest absolute Gasteiger partial charge is 0.463 e. The van der Waals surface area contributed by atoms with Gasteiger partial charge in [-0.2, -0.15) is 5.10 Å². The molecule has 2 heterocycles. The second kappa shape index (κ2) is 9.05. The molecule has 0 aliphatic rings. The van der Waals surface area contributed by atoms with Crippen molar-refractivity contribution in [1.29, 1.82) is 0 Å². The monoisotopic (exact) mass is 415 g/mol. The fourth-order valence-corrected chi connectivity index (χ4v) is 3.83. The molecule has 0 bridgehead atoms. The molecular weight excluding hydrogens is 393 g/mol. The number of aromatic nitrogens is 2. The van der Waals surface area contributed by atoms with E-state index in [9.17, 15) is 9.36 Å². The third kappa shape index (κ3) is 5.12. The van der Waals surface area contributed by atoms with Crippen molar-refractivity contribution in [2.75, 3.05) is 19.5 Å². The van der Waals surface area contributed by atoms with Crippen LogP contribution in [0.1, 0.15) is 11.1 Å². The first kappa shape index (κ1) is 20.8. The first-order valence-corrected chi connectivity index (χ1v) is 10.5. The number of aryl methyl sites for hydroxylation is 1. The Labute approximate surface area is 168 Å². The van der Waals surface area contributed by atoms with Crippen molar-refractivity contribution >= 4 is 25.3 Å². The van der Waals surface area contributed by atoms with Crippen molar-refractivity contribution < 1.29 is 22.8 Å².